The maximum Gasteiger partial charge on any atom is 0.230 e. The molecule has 1 aromatic heterocycles. The number of hydrogen-bond acceptors (Lipinski definition) is 5. The number of nitrogens with zero attached hydrogens (tertiary/aromatic N) is 4. The maximum absolute atomic E-state index is 13.5. The Morgan fingerprint density at radius 1 is 1.09 bits per heavy atom. The SMILES string of the molecule is C[C@H](NC(=O)CSc1nnc([C@@H](C)N(C)C)n1-c1ccc(F)cc1)c1ccc2c(c1)CCCC2. The van der Waals surface area contributed by atoms with Crippen molar-refractivity contribution in [2.45, 2.75) is 56.8 Å². The lowest BCUT2D eigenvalue weighted by atomic mass is 9.89. The van der Waals surface area contributed by atoms with E-state index in [1.54, 1.807) is 12.1 Å². The van der Waals surface area contributed by atoms with E-state index >= 15 is 0 Å². The highest BCUT2D eigenvalue weighted by molar-refractivity contribution is 7.99. The van der Waals surface area contributed by atoms with Crippen molar-refractivity contribution >= 4 is 17.7 Å². The summed E-state index contributed by atoms with van der Waals surface area (Å²) in [5.74, 6) is 0.585. The van der Waals surface area contributed by atoms with Crippen LogP contribution in [0.3, 0.4) is 0 Å². The van der Waals surface area contributed by atoms with Crippen molar-refractivity contribution in [1.29, 1.82) is 0 Å². The van der Waals surface area contributed by atoms with Crippen LogP contribution in [0.4, 0.5) is 4.39 Å². The third kappa shape index (κ3) is 5.50. The minimum atomic E-state index is -0.302. The summed E-state index contributed by atoms with van der Waals surface area (Å²) in [6.45, 7) is 4.05. The summed E-state index contributed by atoms with van der Waals surface area (Å²) in [6, 6.07) is 12.7. The number of nitrogens with one attached hydrogen (secondary N) is 1. The van der Waals surface area contributed by atoms with Crippen molar-refractivity contribution < 1.29 is 9.18 Å². The van der Waals surface area contributed by atoms with Gasteiger partial charge in [0.15, 0.2) is 11.0 Å². The van der Waals surface area contributed by atoms with E-state index in [0.717, 1.165) is 29.9 Å². The Kier molecular flexibility index (Phi) is 7.68. The molecule has 2 aromatic carbocycles. The highest BCUT2D eigenvalue weighted by Gasteiger charge is 2.22. The number of hydrogen-bond donors (Lipinski definition) is 1. The van der Waals surface area contributed by atoms with Crippen LogP contribution in [0, 0.1) is 5.82 Å². The number of thioether (sulfide) groups is 1. The Labute approximate surface area is 205 Å². The number of fused-ring (bicyclic) bond motifs is 1. The lowest BCUT2D eigenvalue weighted by molar-refractivity contribution is -0.119. The topological polar surface area (TPSA) is 63.1 Å². The van der Waals surface area contributed by atoms with E-state index in [1.807, 2.05) is 37.4 Å². The molecule has 0 unspecified atom stereocenters. The molecule has 0 radical (unpaired) electrons. The quantitative estimate of drug-likeness (QED) is 0.465. The average molecular weight is 482 g/mol. The van der Waals surface area contributed by atoms with Crippen molar-refractivity contribution in [3.63, 3.8) is 0 Å². The minimum absolute atomic E-state index is 0.00948. The molecule has 1 amide bonds. The Bertz CT molecular complexity index is 1140. The maximum atomic E-state index is 13.5. The number of rotatable bonds is 8. The molecule has 0 spiro atoms. The molecule has 3 aromatic rings. The van der Waals surface area contributed by atoms with Gasteiger partial charge in [-0.05, 0) is 94.6 Å². The first-order valence-electron chi connectivity index (χ1n) is 11.7. The van der Waals surface area contributed by atoms with Gasteiger partial charge in [-0.15, -0.1) is 10.2 Å². The van der Waals surface area contributed by atoms with E-state index < -0.39 is 0 Å². The predicted octanol–water partition coefficient (Wildman–Crippen LogP) is 4.88. The van der Waals surface area contributed by atoms with E-state index in [9.17, 15) is 9.18 Å². The van der Waals surface area contributed by atoms with E-state index in [0.29, 0.717) is 5.16 Å². The predicted molar refractivity (Wildman–Crippen MR) is 134 cm³/mol. The molecule has 180 valence electrons. The smallest absolute Gasteiger partial charge is 0.230 e. The van der Waals surface area contributed by atoms with E-state index in [2.05, 4.69) is 33.7 Å². The van der Waals surface area contributed by atoms with Gasteiger partial charge in [-0.2, -0.15) is 0 Å². The normalized spacial score (nSPS) is 15.1. The van der Waals surface area contributed by atoms with Crippen LogP contribution in [-0.2, 0) is 17.6 Å². The van der Waals surface area contributed by atoms with E-state index in [4.69, 9.17) is 0 Å². The fourth-order valence-corrected chi connectivity index (χ4v) is 5.00. The molecule has 8 heteroatoms. The monoisotopic (exact) mass is 481 g/mol. The largest absolute Gasteiger partial charge is 0.349 e. The van der Waals surface area contributed by atoms with Gasteiger partial charge in [0.25, 0.3) is 0 Å². The molecule has 1 aliphatic rings. The molecule has 0 bridgehead atoms. The number of carbonyl (C=O) groups is 1. The van der Waals surface area contributed by atoms with E-state index in [1.165, 1.54) is 47.9 Å². The van der Waals surface area contributed by atoms with E-state index in [-0.39, 0.29) is 29.6 Å². The average Bonchev–Trinajstić information content (AvgIpc) is 3.26. The molecule has 1 N–H and O–H groups in total. The highest BCUT2D eigenvalue weighted by Crippen LogP contribution is 2.28. The number of benzene rings is 2. The van der Waals surface area contributed by atoms with Crippen LogP contribution in [-0.4, -0.2) is 45.4 Å². The van der Waals surface area contributed by atoms with Crippen LogP contribution in [0.5, 0.6) is 0 Å². The molecule has 0 aliphatic heterocycles. The van der Waals surface area contributed by atoms with Crippen molar-refractivity contribution in [3.05, 3.63) is 70.8 Å². The lowest BCUT2D eigenvalue weighted by Crippen LogP contribution is -2.28. The van der Waals surface area contributed by atoms with Gasteiger partial charge in [0.1, 0.15) is 5.82 Å². The molecule has 0 saturated heterocycles. The molecule has 0 fully saturated rings. The van der Waals surface area contributed by atoms with Crippen LogP contribution in [0.15, 0.2) is 47.6 Å². The lowest BCUT2D eigenvalue weighted by Gasteiger charge is -2.21. The Morgan fingerprint density at radius 2 is 1.79 bits per heavy atom. The number of aryl methyl sites for hydroxylation is 2. The Morgan fingerprint density at radius 3 is 2.50 bits per heavy atom. The van der Waals surface area contributed by atoms with Crippen LogP contribution in [0.25, 0.3) is 5.69 Å². The Hall–Kier alpha value is -2.71. The van der Waals surface area contributed by atoms with Crippen LogP contribution in [0.1, 0.15) is 61.3 Å². The summed E-state index contributed by atoms with van der Waals surface area (Å²) in [4.78, 5) is 14.8. The van der Waals surface area contributed by atoms with Crippen LogP contribution in [0.2, 0.25) is 0 Å². The first-order valence-corrected chi connectivity index (χ1v) is 12.7. The van der Waals surface area contributed by atoms with Crippen molar-refractivity contribution in [3.8, 4) is 5.69 Å². The third-order valence-corrected chi connectivity index (χ3v) is 7.40. The third-order valence-electron chi connectivity index (χ3n) is 6.47. The summed E-state index contributed by atoms with van der Waals surface area (Å²) in [6.07, 6.45) is 4.76. The van der Waals surface area contributed by atoms with Gasteiger partial charge < -0.3 is 5.32 Å². The molecular weight excluding hydrogens is 449 g/mol. The molecule has 0 saturated carbocycles. The second-order valence-electron chi connectivity index (χ2n) is 9.11. The summed E-state index contributed by atoms with van der Waals surface area (Å²) >= 11 is 1.33. The molecular formula is C26H32FN5OS. The highest BCUT2D eigenvalue weighted by atomic mass is 32.2. The first kappa shape index (κ1) is 24.4. The minimum Gasteiger partial charge on any atom is -0.349 e. The zero-order valence-corrected chi connectivity index (χ0v) is 21.0. The van der Waals surface area contributed by atoms with Gasteiger partial charge in [-0.1, -0.05) is 30.0 Å². The van der Waals surface area contributed by atoms with Crippen LogP contribution >= 0.6 is 11.8 Å². The van der Waals surface area contributed by atoms with Crippen molar-refractivity contribution in [1.82, 2.24) is 25.0 Å². The Balaban J connectivity index is 1.46. The molecule has 6 nitrogen and oxygen atoms in total. The second kappa shape index (κ2) is 10.7. The summed E-state index contributed by atoms with van der Waals surface area (Å²) in [7, 11) is 3.94. The zero-order valence-electron chi connectivity index (χ0n) is 20.2. The summed E-state index contributed by atoms with van der Waals surface area (Å²) < 4.78 is 15.4. The van der Waals surface area contributed by atoms with Crippen molar-refractivity contribution in [2.75, 3.05) is 19.8 Å². The van der Waals surface area contributed by atoms with Gasteiger partial charge >= 0.3 is 0 Å². The standard InChI is InChI=1S/C26H32FN5OS/c1-17(20-10-9-19-7-5-6-8-21(19)15-20)28-24(33)16-34-26-30-29-25(18(2)31(3)4)32(26)23-13-11-22(27)12-14-23/h9-15,17-18H,5-8,16H2,1-4H3,(H,28,33)/t17-,18+/m0/s1. The van der Waals surface area contributed by atoms with Gasteiger partial charge in [0.2, 0.25) is 5.91 Å². The number of amides is 1. The number of aromatic nitrogens is 3. The molecule has 1 heterocycles. The van der Waals surface area contributed by atoms with Crippen molar-refractivity contribution in [2.24, 2.45) is 0 Å². The van der Waals surface area contributed by atoms with Gasteiger partial charge in [-0.25, -0.2) is 4.39 Å². The van der Waals surface area contributed by atoms with Crippen LogP contribution < -0.4 is 5.32 Å². The molecule has 34 heavy (non-hydrogen) atoms. The first-order chi connectivity index (χ1) is 16.3. The van der Waals surface area contributed by atoms with Gasteiger partial charge in [-0.3, -0.25) is 14.3 Å². The summed E-state index contributed by atoms with van der Waals surface area (Å²) in [5, 5.41) is 12.5. The number of halogens is 1. The molecule has 1 aliphatic carbocycles. The second-order valence-corrected chi connectivity index (χ2v) is 10.0. The van der Waals surface area contributed by atoms with Gasteiger partial charge in [0, 0.05) is 5.69 Å². The van der Waals surface area contributed by atoms with Gasteiger partial charge in [0.05, 0.1) is 17.8 Å². The zero-order chi connectivity index (χ0) is 24.2. The molecule has 2 atom stereocenters. The fraction of sp³-hybridized carbons (Fsp3) is 0.423. The molecule has 4 rings (SSSR count). The fourth-order valence-electron chi connectivity index (χ4n) is 4.23. The number of carbonyl (C=O) groups excluding carboxylic acids is 1. The summed E-state index contributed by atoms with van der Waals surface area (Å²) in [5.41, 5.74) is 4.75.